The van der Waals surface area contributed by atoms with Gasteiger partial charge in [0.15, 0.2) is 0 Å². The second-order valence-electron chi connectivity index (χ2n) is 4.69. The summed E-state index contributed by atoms with van der Waals surface area (Å²) >= 11 is 0. The van der Waals surface area contributed by atoms with Crippen molar-refractivity contribution in [2.75, 3.05) is 0 Å². The van der Waals surface area contributed by atoms with Crippen molar-refractivity contribution in [1.82, 2.24) is 0 Å². The van der Waals surface area contributed by atoms with Crippen LogP contribution in [0.15, 0.2) is 24.3 Å². The monoisotopic (exact) mass is 246 g/mol. The van der Waals surface area contributed by atoms with E-state index in [1.807, 2.05) is 13.8 Å². The van der Waals surface area contributed by atoms with Gasteiger partial charge in [-0.3, -0.25) is 0 Å². The molecule has 1 nitrogen and oxygen atoms in total. The number of alkyl halides is 3. The number of aliphatic hydroxyl groups is 1. The highest BCUT2D eigenvalue weighted by molar-refractivity contribution is 5.26. The minimum absolute atomic E-state index is 0.266. The van der Waals surface area contributed by atoms with Crippen molar-refractivity contribution in [3.63, 3.8) is 0 Å². The first-order valence-electron chi connectivity index (χ1n) is 5.63. The van der Waals surface area contributed by atoms with Crippen molar-refractivity contribution in [3.8, 4) is 0 Å². The van der Waals surface area contributed by atoms with Gasteiger partial charge in [-0.15, -0.1) is 0 Å². The zero-order valence-corrected chi connectivity index (χ0v) is 9.96. The Morgan fingerprint density at radius 1 is 1.24 bits per heavy atom. The maximum absolute atomic E-state index is 12.5. The third-order valence-corrected chi connectivity index (χ3v) is 2.47. The molecule has 1 rings (SSSR count). The topological polar surface area (TPSA) is 20.2 Å². The van der Waals surface area contributed by atoms with Gasteiger partial charge >= 0.3 is 6.18 Å². The summed E-state index contributed by atoms with van der Waals surface area (Å²) in [6.07, 6.45) is -4.05. The Bertz CT molecular complexity index is 358. The van der Waals surface area contributed by atoms with Gasteiger partial charge in [0.05, 0.1) is 11.7 Å². The number of rotatable bonds is 4. The fourth-order valence-electron chi connectivity index (χ4n) is 1.77. The van der Waals surface area contributed by atoms with E-state index in [0.29, 0.717) is 17.9 Å². The van der Waals surface area contributed by atoms with E-state index < -0.39 is 17.8 Å². The van der Waals surface area contributed by atoms with E-state index in [2.05, 4.69) is 0 Å². The number of hydrogen-bond acceptors (Lipinski definition) is 1. The fraction of sp³-hybridized carbons (Fsp3) is 0.538. The molecule has 0 saturated heterocycles. The first kappa shape index (κ1) is 14.0. The van der Waals surface area contributed by atoms with Crippen molar-refractivity contribution >= 4 is 0 Å². The average molecular weight is 246 g/mol. The predicted octanol–water partition coefficient (Wildman–Crippen LogP) is 3.65. The number of aliphatic hydroxyl groups excluding tert-OH is 1. The molecule has 0 radical (unpaired) electrons. The van der Waals surface area contributed by atoms with Crippen LogP contribution >= 0.6 is 0 Å². The highest BCUT2D eigenvalue weighted by Gasteiger charge is 2.30. The van der Waals surface area contributed by atoms with Gasteiger partial charge in [-0.2, -0.15) is 13.2 Å². The summed E-state index contributed by atoms with van der Waals surface area (Å²) in [7, 11) is 0. The van der Waals surface area contributed by atoms with Gasteiger partial charge in [-0.1, -0.05) is 32.0 Å². The molecule has 0 amide bonds. The van der Waals surface area contributed by atoms with Crippen LogP contribution in [0.25, 0.3) is 0 Å². The Morgan fingerprint density at radius 2 is 1.88 bits per heavy atom. The molecule has 1 aromatic rings. The van der Waals surface area contributed by atoms with Gasteiger partial charge in [0.25, 0.3) is 0 Å². The van der Waals surface area contributed by atoms with E-state index >= 15 is 0 Å². The van der Waals surface area contributed by atoms with Crippen LogP contribution in [-0.4, -0.2) is 11.2 Å². The van der Waals surface area contributed by atoms with Crippen molar-refractivity contribution < 1.29 is 18.3 Å². The van der Waals surface area contributed by atoms with E-state index in [-0.39, 0.29) is 6.42 Å². The first-order valence-corrected chi connectivity index (χ1v) is 5.63. The largest absolute Gasteiger partial charge is 0.416 e. The lowest BCUT2D eigenvalue weighted by Crippen LogP contribution is -2.14. The SMILES string of the molecule is CC(C)CC(O)Cc1cccc(C(F)(F)F)c1. The summed E-state index contributed by atoms with van der Waals surface area (Å²) in [5, 5.41) is 9.69. The van der Waals surface area contributed by atoms with Gasteiger partial charge in [0, 0.05) is 0 Å². The quantitative estimate of drug-likeness (QED) is 0.859. The smallest absolute Gasteiger partial charge is 0.393 e. The third kappa shape index (κ3) is 4.77. The van der Waals surface area contributed by atoms with Crippen LogP contribution in [0.4, 0.5) is 13.2 Å². The van der Waals surface area contributed by atoms with Gasteiger partial charge in [-0.05, 0) is 30.4 Å². The van der Waals surface area contributed by atoms with E-state index in [9.17, 15) is 18.3 Å². The first-order chi connectivity index (χ1) is 7.79. The summed E-state index contributed by atoms with van der Waals surface area (Å²) in [4.78, 5) is 0. The molecule has 0 aliphatic rings. The maximum Gasteiger partial charge on any atom is 0.416 e. The molecule has 1 aromatic carbocycles. The number of hydrogen-bond donors (Lipinski definition) is 1. The second-order valence-corrected chi connectivity index (χ2v) is 4.69. The predicted molar refractivity (Wildman–Crippen MR) is 60.6 cm³/mol. The van der Waals surface area contributed by atoms with Crippen LogP contribution in [0, 0.1) is 5.92 Å². The zero-order chi connectivity index (χ0) is 13.1. The molecule has 0 fully saturated rings. The lowest BCUT2D eigenvalue weighted by atomic mass is 9.98. The molecule has 0 aliphatic heterocycles. The summed E-state index contributed by atoms with van der Waals surface area (Å²) < 4.78 is 37.4. The van der Waals surface area contributed by atoms with Gasteiger partial charge in [0.2, 0.25) is 0 Å². The molecular weight excluding hydrogens is 229 g/mol. The summed E-state index contributed by atoms with van der Waals surface area (Å²) in [5.41, 5.74) is -0.139. The van der Waals surface area contributed by atoms with Crippen LogP contribution in [-0.2, 0) is 12.6 Å². The van der Waals surface area contributed by atoms with Crippen molar-refractivity contribution in [2.24, 2.45) is 5.92 Å². The Kier molecular flexibility index (Phi) is 4.57. The lowest BCUT2D eigenvalue weighted by Gasteiger charge is -2.14. The molecular formula is C13H17F3O. The van der Waals surface area contributed by atoms with Crippen molar-refractivity contribution in [1.29, 1.82) is 0 Å². The zero-order valence-electron chi connectivity index (χ0n) is 9.96. The Morgan fingerprint density at radius 3 is 2.41 bits per heavy atom. The molecule has 96 valence electrons. The molecule has 0 aliphatic carbocycles. The van der Waals surface area contributed by atoms with Crippen LogP contribution in [0.1, 0.15) is 31.4 Å². The van der Waals surface area contributed by atoms with Crippen LogP contribution in [0.5, 0.6) is 0 Å². The molecule has 0 spiro atoms. The molecule has 1 unspecified atom stereocenters. The summed E-state index contributed by atoms with van der Waals surface area (Å²) in [6, 6.07) is 5.13. The Hall–Kier alpha value is -1.03. The van der Waals surface area contributed by atoms with Gasteiger partial charge < -0.3 is 5.11 Å². The molecule has 0 bridgehead atoms. The molecule has 1 N–H and O–H groups in total. The minimum Gasteiger partial charge on any atom is -0.393 e. The lowest BCUT2D eigenvalue weighted by molar-refractivity contribution is -0.137. The Labute approximate surface area is 99.3 Å². The van der Waals surface area contributed by atoms with Gasteiger partial charge in [0.1, 0.15) is 0 Å². The molecule has 0 aromatic heterocycles. The third-order valence-electron chi connectivity index (χ3n) is 2.47. The molecule has 0 heterocycles. The standard InChI is InChI=1S/C13H17F3O/c1-9(2)6-12(17)8-10-4-3-5-11(7-10)13(14,15)16/h3-5,7,9,12,17H,6,8H2,1-2H3. The molecule has 0 saturated carbocycles. The molecule has 17 heavy (non-hydrogen) atoms. The van der Waals surface area contributed by atoms with E-state index in [4.69, 9.17) is 0 Å². The van der Waals surface area contributed by atoms with Crippen LogP contribution in [0.2, 0.25) is 0 Å². The minimum atomic E-state index is -4.32. The van der Waals surface area contributed by atoms with Crippen LogP contribution < -0.4 is 0 Å². The van der Waals surface area contributed by atoms with Crippen molar-refractivity contribution in [2.45, 2.75) is 39.0 Å². The van der Waals surface area contributed by atoms with E-state index in [1.165, 1.54) is 6.07 Å². The average Bonchev–Trinajstić information content (AvgIpc) is 2.15. The Balaban J connectivity index is 2.72. The van der Waals surface area contributed by atoms with Crippen molar-refractivity contribution in [3.05, 3.63) is 35.4 Å². The maximum atomic E-state index is 12.5. The van der Waals surface area contributed by atoms with Crippen LogP contribution in [0.3, 0.4) is 0 Å². The second kappa shape index (κ2) is 5.54. The van der Waals surface area contributed by atoms with E-state index in [1.54, 1.807) is 6.07 Å². The summed E-state index contributed by atoms with van der Waals surface area (Å²) in [5.74, 6) is 0.329. The van der Waals surface area contributed by atoms with E-state index in [0.717, 1.165) is 12.1 Å². The fourth-order valence-corrected chi connectivity index (χ4v) is 1.77. The molecule has 1 atom stereocenters. The highest BCUT2D eigenvalue weighted by Crippen LogP contribution is 2.29. The summed E-state index contributed by atoms with van der Waals surface area (Å²) in [6.45, 7) is 3.94. The highest BCUT2D eigenvalue weighted by atomic mass is 19.4. The normalized spacial score (nSPS) is 14.1. The number of halogens is 3. The molecule has 4 heteroatoms. The number of benzene rings is 1. The van der Waals surface area contributed by atoms with Gasteiger partial charge in [-0.25, -0.2) is 0 Å².